The van der Waals surface area contributed by atoms with Crippen molar-refractivity contribution in [2.75, 3.05) is 0 Å². The Morgan fingerprint density at radius 2 is 2.24 bits per heavy atom. The molecule has 0 fully saturated rings. The van der Waals surface area contributed by atoms with Gasteiger partial charge in [-0.2, -0.15) is 11.3 Å². The van der Waals surface area contributed by atoms with Crippen molar-refractivity contribution >= 4 is 33.2 Å². The van der Waals surface area contributed by atoms with Crippen molar-refractivity contribution < 1.29 is 9.18 Å². The Kier molecular flexibility index (Phi) is 3.91. The molecule has 0 spiro atoms. The maximum Gasteiger partial charge on any atom is 0.252 e. The smallest absolute Gasteiger partial charge is 0.252 e. The van der Waals surface area contributed by atoms with E-state index in [1.165, 1.54) is 17.4 Å². The molecule has 1 N–H and O–H groups in total. The predicted octanol–water partition coefficient (Wildman–Crippen LogP) is 3.58. The Morgan fingerprint density at radius 3 is 2.94 bits per heavy atom. The van der Waals surface area contributed by atoms with Crippen LogP contribution in [0.25, 0.3) is 0 Å². The summed E-state index contributed by atoms with van der Waals surface area (Å²) in [5.41, 5.74) is 1.06. The van der Waals surface area contributed by atoms with Crippen molar-refractivity contribution in [1.29, 1.82) is 0 Å². The standard InChI is InChI=1S/C12H9BrFNOS/c13-10-1-2-11(14)9(5-10)6-15-12(16)8-3-4-17-7-8/h1-5,7H,6H2,(H,15,16). The summed E-state index contributed by atoms with van der Waals surface area (Å²) in [5.74, 6) is -0.510. The van der Waals surface area contributed by atoms with Crippen LogP contribution < -0.4 is 5.32 Å². The first-order chi connectivity index (χ1) is 8.16. The van der Waals surface area contributed by atoms with Gasteiger partial charge in [-0.25, -0.2) is 4.39 Å². The number of carbonyl (C=O) groups excluding carboxylic acids is 1. The van der Waals surface area contributed by atoms with Crippen LogP contribution in [0, 0.1) is 5.82 Å². The highest BCUT2D eigenvalue weighted by Gasteiger charge is 2.07. The number of amides is 1. The monoisotopic (exact) mass is 313 g/mol. The van der Waals surface area contributed by atoms with Gasteiger partial charge in [0, 0.05) is 27.5 Å². The van der Waals surface area contributed by atoms with E-state index < -0.39 is 0 Å². The molecule has 1 heterocycles. The molecule has 5 heteroatoms. The van der Waals surface area contributed by atoms with E-state index >= 15 is 0 Å². The lowest BCUT2D eigenvalue weighted by atomic mass is 10.2. The largest absolute Gasteiger partial charge is 0.348 e. The van der Waals surface area contributed by atoms with Crippen LogP contribution in [-0.2, 0) is 6.54 Å². The molecule has 1 amide bonds. The molecule has 0 aliphatic heterocycles. The molecule has 0 saturated heterocycles. The molecule has 2 aromatic rings. The van der Waals surface area contributed by atoms with Gasteiger partial charge in [0.1, 0.15) is 5.82 Å². The molecule has 0 bridgehead atoms. The lowest BCUT2D eigenvalue weighted by molar-refractivity contribution is 0.0951. The third kappa shape index (κ3) is 3.14. The van der Waals surface area contributed by atoms with Gasteiger partial charge in [-0.3, -0.25) is 4.79 Å². The molecule has 0 atom stereocenters. The summed E-state index contributed by atoms with van der Waals surface area (Å²) in [7, 11) is 0. The minimum atomic E-state index is -0.321. The molecule has 2 rings (SSSR count). The SMILES string of the molecule is O=C(NCc1cc(Br)ccc1F)c1ccsc1. The number of thiophene rings is 1. The summed E-state index contributed by atoms with van der Waals surface area (Å²) in [6.07, 6.45) is 0. The van der Waals surface area contributed by atoms with Crippen LogP contribution in [0.2, 0.25) is 0 Å². The molecule has 1 aromatic carbocycles. The summed E-state index contributed by atoms with van der Waals surface area (Å²) in [6.45, 7) is 0.181. The van der Waals surface area contributed by atoms with Gasteiger partial charge in [0.05, 0.1) is 0 Å². The van der Waals surface area contributed by atoms with E-state index in [1.54, 1.807) is 23.6 Å². The second kappa shape index (κ2) is 5.42. The number of rotatable bonds is 3. The molecule has 0 saturated carbocycles. The Balaban J connectivity index is 2.03. The van der Waals surface area contributed by atoms with E-state index in [1.807, 2.05) is 5.38 Å². The van der Waals surface area contributed by atoms with Gasteiger partial charge in [0.25, 0.3) is 5.91 Å². The summed E-state index contributed by atoms with van der Waals surface area (Å²) < 4.78 is 14.2. The average Bonchev–Trinajstić information content (AvgIpc) is 2.83. The second-order valence-electron chi connectivity index (χ2n) is 3.43. The summed E-state index contributed by atoms with van der Waals surface area (Å²) in [5, 5.41) is 6.26. The highest BCUT2D eigenvalue weighted by Crippen LogP contribution is 2.15. The molecule has 2 nitrogen and oxygen atoms in total. The molecular weight excluding hydrogens is 305 g/mol. The fourth-order valence-corrected chi connectivity index (χ4v) is 2.39. The second-order valence-corrected chi connectivity index (χ2v) is 5.13. The third-order valence-corrected chi connectivity index (χ3v) is 3.41. The quantitative estimate of drug-likeness (QED) is 0.922. The molecule has 0 radical (unpaired) electrons. The lowest BCUT2D eigenvalue weighted by Gasteiger charge is -2.05. The maximum atomic E-state index is 13.4. The van der Waals surface area contributed by atoms with Crippen LogP contribution in [0.15, 0.2) is 39.5 Å². The number of benzene rings is 1. The van der Waals surface area contributed by atoms with Crippen molar-refractivity contribution in [3.63, 3.8) is 0 Å². The van der Waals surface area contributed by atoms with Crippen LogP contribution in [-0.4, -0.2) is 5.91 Å². The first-order valence-corrected chi connectivity index (χ1v) is 6.65. The summed E-state index contributed by atoms with van der Waals surface area (Å²) in [6, 6.07) is 6.39. The number of hydrogen-bond donors (Lipinski definition) is 1. The van der Waals surface area contributed by atoms with Crippen molar-refractivity contribution in [2.24, 2.45) is 0 Å². The predicted molar refractivity (Wildman–Crippen MR) is 69.6 cm³/mol. The van der Waals surface area contributed by atoms with Crippen LogP contribution in [0.3, 0.4) is 0 Å². The van der Waals surface area contributed by atoms with Crippen molar-refractivity contribution in [3.8, 4) is 0 Å². The Bertz CT molecular complexity index is 527. The molecule has 0 aliphatic carbocycles. The summed E-state index contributed by atoms with van der Waals surface area (Å²) >= 11 is 4.72. The normalized spacial score (nSPS) is 10.2. The van der Waals surface area contributed by atoms with Crippen molar-refractivity contribution in [2.45, 2.75) is 6.54 Å². The van der Waals surface area contributed by atoms with E-state index in [4.69, 9.17) is 0 Å². The zero-order chi connectivity index (χ0) is 12.3. The lowest BCUT2D eigenvalue weighted by Crippen LogP contribution is -2.22. The highest BCUT2D eigenvalue weighted by atomic mass is 79.9. The minimum Gasteiger partial charge on any atom is -0.348 e. The van der Waals surface area contributed by atoms with Gasteiger partial charge in [0.2, 0.25) is 0 Å². The molecule has 0 aliphatic rings. The third-order valence-electron chi connectivity index (χ3n) is 2.23. The number of hydrogen-bond acceptors (Lipinski definition) is 2. The van der Waals surface area contributed by atoms with Gasteiger partial charge in [-0.1, -0.05) is 15.9 Å². The van der Waals surface area contributed by atoms with Crippen molar-refractivity contribution in [1.82, 2.24) is 5.32 Å². The highest BCUT2D eigenvalue weighted by molar-refractivity contribution is 9.10. The maximum absolute atomic E-state index is 13.4. The number of carbonyl (C=O) groups is 1. The topological polar surface area (TPSA) is 29.1 Å². The van der Waals surface area contributed by atoms with E-state index in [0.717, 1.165) is 4.47 Å². The van der Waals surface area contributed by atoms with E-state index in [0.29, 0.717) is 11.1 Å². The van der Waals surface area contributed by atoms with Gasteiger partial charge >= 0.3 is 0 Å². The minimum absolute atomic E-state index is 0.181. The van der Waals surface area contributed by atoms with Crippen LogP contribution in [0.4, 0.5) is 4.39 Å². The van der Waals surface area contributed by atoms with Crippen LogP contribution >= 0.6 is 27.3 Å². The molecule has 88 valence electrons. The average molecular weight is 314 g/mol. The van der Waals surface area contributed by atoms with E-state index in [-0.39, 0.29) is 18.3 Å². The van der Waals surface area contributed by atoms with Crippen LogP contribution in [0.5, 0.6) is 0 Å². The number of halogens is 2. The Morgan fingerprint density at radius 1 is 1.41 bits per heavy atom. The first kappa shape index (κ1) is 12.3. The first-order valence-electron chi connectivity index (χ1n) is 4.91. The summed E-state index contributed by atoms with van der Waals surface area (Å²) in [4.78, 5) is 11.6. The number of nitrogens with one attached hydrogen (secondary N) is 1. The molecule has 0 unspecified atom stereocenters. The zero-order valence-electron chi connectivity index (χ0n) is 8.74. The van der Waals surface area contributed by atoms with Gasteiger partial charge in [0.15, 0.2) is 0 Å². The Hall–Kier alpha value is -1.20. The van der Waals surface area contributed by atoms with Gasteiger partial charge < -0.3 is 5.32 Å². The van der Waals surface area contributed by atoms with Gasteiger partial charge in [-0.05, 0) is 29.6 Å². The van der Waals surface area contributed by atoms with Crippen LogP contribution in [0.1, 0.15) is 15.9 Å². The van der Waals surface area contributed by atoms with E-state index in [9.17, 15) is 9.18 Å². The van der Waals surface area contributed by atoms with E-state index in [2.05, 4.69) is 21.2 Å². The zero-order valence-corrected chi connectivity index (χ0v) is 11.1. The molecule has 1 aromatic heterocycles. The van der Waals surface area contributed by atoms with Gasteiger partial charge in [-0.15, -0.1) is 0 Å². The van der Waals surface area contributed by atoms with Crippen molar-refractivity contribution in [3.05, 3.63) is 56.4 Å². The molecule has 17 heavy (non-hydrogen) atoms. The fourth-order valence-electron chi connectivity index (χ4n) is 1.35. The molecular formula is C12H9BrFNOS. The Labute approximate surface area is 111 Å². The fraction of sp³-hybridized carbons (Fsp3) is 0.0833.